The molecule has 1 aliphatic heterocycles. The number of carbonyl (C=O) groups excluding carboxylic acids is 2. The molecule has 8 nitrogen and oxygen atoms in total. The lowest BCUT2D eigenvalue weighted by Crippen LogP contribution is -2.37. The van der Waals surface area contributed by atoms with E-state index in [0.29, 0.717) is 18.7 Å². The van der Waals surface area contributed by atoms with Crippen LogP contribution < -0.4 is 15.0 Å². The summed E-state index contributed by atoms with van der Waals surface area (Å²) in [6.07, 6.45) is 0.200. The van der Waals surface area contributed by atoms with E-state index < -0.39 is 4.92 Å². The Bertz CT molecular complexity index is 849. The zero-order chi connectivity index (χ0) is 19.4. The van der Waals surface area contributed by atoms with Crippen LogP contribution in [0.2, 0.25) is 0 Å². The van der Waals surface area contributed by atoms with E-state index in [4.69, 9.17) is 4.74 Å². The number of hydrogen-bond acceptors (Lipinski definition) is 5. The number of amides is 2. The highest BCUT2D eigenvalue weighted by Gasteiger charge is 2.31. The molecule has 1 saturated heterocycles. The topological polar surface area (TPSA) is 102 Å². The Morgan fingerprint density at radius 3 is 2.48 bits per heavy atom. The SMILES string of the molecule is CCOc1ccc(N2C[C@@H](NC(=O)c3ccc([N+](=O)[O-])cc3)CC2=O)cc1. The van der Waals surface area contributed by atoms with Crippen LogP contribution in [-0.2, 0) is 4.79 Å². The maximum Gasteiger partial charge on any atom is 0.269 e. The molecule has 8 heteroatoms. The van der Waals surface area contributed by atoms with Crippen LogP contribution in [0.15, 0.2) is 48.5 Å². The normalized spacial score (nSPS) is 16.3. The number of nitrogens with zero attached hydrogens (tertiary/aromatic N) is 2. The van der Waals surface area contributed by atoms with Crippen molar-refractivity contribution in [1.29, 1.82) is 0 Å². The van der Waals surface area contributed by atoms with E-state index in [2.05, 4.69) is 5.32 Å². The van der Waals surface area contributed by atoms with Crippen molar-refractivity contribution >= 4 is 23.2 Å². The van der Waals surface area contributed by atoms with Gasteiger partial charge in [0.2, 0.25) is 5.91 Å². The van der Waals surface area contributed by atoms with Crippen molar-refractivity contribution in [2.24, 2.45) is 0 Å². The summed E-state index contributed by atoms with van der Waals surface area (Å²) in [6.45, 7) is 2.83. The summed E-state index contributed by atoms with van der Waals surface area (Å²) in [5, 5.41) is 13.5. The van der Waals surface area contributed by atoms with Crippen molar-refractivity contribution in [3.8, 4) is 5.75 Å². The predicted molar refractivity (Wildman–Crippen MR) is 98.9 cm³/mol. The standard InChI is InChI=1S/C19H19N3O5/c1-2-27-17-9-7-15(8-10-17)21-12-14(11-18(21)23)20-19(24)13-3-5-16(6-4-13)22(25)26/h3-10,14H,2,11-12H2,1H3,(H,20,24)/t14-/m0/s1. The molecule has 0 unspecified atom stereocenters. The van der Waals surface area contributed by atoms with Crippen LogP contribution in [0.1, 0.15) is 23.7 Å². The Balaban J connectivity index is 1.63. The van der Waals surface area contributed by atoms with Gasteiger partial charge in [0.15, 0.2) is 0 Å². The highest BCUT2D eigenvalue weighted by molar-refractivity contribution is 5.99. The number of benzene rings is 2. The molecule has 2 aromatic rings. The molecule has 2 amide bonds. The van der Waals surface area contributed by atoms with E-state index in [1.807, 2.05) is 19.1 Å². The molecular formula is C19H19N3O5. The average Bonchev–Trinajstić information content (AvgIpc) is 3.02. The van der Waals surface area contributed by atoms with Gasteiger partial charge in [-0.3, -0.25) is 19.7 Å². The van der Waals surface area contributed by atoms with Crippen molar-refractivity contribution in [3.05, 3.63) is 64.2 Å². The van der Waals surface area contributed by atoms with Gasteiger partial charge in [0.05, 0.1) is 17.6 Å². The minimum atomic E-state index is -0.522. The summed E-state index contributed by atoms with van der Waals surface area (Å²) in [6, 6.07) is 12.2. The molecule has 140 valence electrons. The van der Waals surface area contributed by atoms with Crippen molar-refractivity contribution in [3.63, 3.8) is 0 Å². The van der Waals surface area contributed by atoms with Gasteiger partial charge in [0, 0.05) is 36.3 Å². The largest absolute Gasteiger partial charge is 0.494 e. The van der Waals surface area contributed by atoms with Gasteiger partial charge in [-0.2, -0.15) is 0 Å². The lowest BCUT2D eigenvalue weighted by atomic mass is 10.1. The Morgan fingerprint density at radius 1 is 1.22 bits per heavy atom. The first-order valence-electron chi connectivity index (χ1n) is 8.56. The third-order valence-electron chi connectivity index (χ3n) is 4.26. The van der Waals surface area contributed by atoms with Crippen LogP contribution in [0.3, 0.4) is 0 Å². The first kappa shape index (κ1) is 18.4. The van der Waals surface area contributed by atoms with Crippen molar-refractivity contribution in [2.75, 3.05) is 18.1 Å². The van der Waals surface area contributed by atoms with Gasteiger partial charge in [-0.25, -0.2) is 0 Å². The zero-order valence-electron chi connectivity index (χ0n) is 14.8. The Hall–Kier alpha value is -3.42. The number of nitrogens with one attached hydrogen (secondary N) is 1. The summed E-state index contributed by atoms with van der Waals surface area (Å²) in [5.74, 6) is 0.292. The fraction of sp³-hybridized carbons (Fsp3) is 0.263. The molecule has 0 aliphatic carbocycles. The lowest BCUT2D eigenvalue weighted by Gasteiger charge is -2.17. The Labute approximate surface area is 155 Å². The molecule has 0 spiro atoms. The third kappa shape index (κ3) is 4.22. The Kier molecular flexibility index (Phi) is 5.35. The van der Waals surface area contributed by atoms with E-state index in [9.17, 15) is 19.7 Å². The summed E-state index contributed by atoms with van der Waals surface area (Å²) >= 11 is 0. The zero-order valence-corrected chi connectivity index (χ0v) is 14.8. The lowest BCUT2D eigenvalue weighted by molar-refractivity contribution is -0.384. The van der Waals surface area contributed by atoms with E-state index in [-0.39, 0.29) is 30.0 Å². The van der Waals surface area contributed by atoms with Gasteiger partial charge >= 0.3 is 0 Å². The molecule has 1 aliphatic rings. The molecule has 1 N–H and O–H groups in total. The molecule has 27 heavy (non-hydrogen) atoms. The highest BCUT2D eigenvalue weighted by atomic mass is 16.6. The smallest absolute Gasteiger partial charge is 0.269 e. The highest BCUT2D eigenvalue weighted by Crippen LogP contribution is 2.24. The van der Waals surface area contributed by atoms with Crippen molar-refractivity contribution in [1.82, 2.24) is 5.32 Å². The number of rotatable bonds is 6. The molecule has 1 fully saturated rings. The third-order valence-corrected chi connectivity index (χ3v) is 4.26. The van der Waals surface area contributed by atoms with E-state index in [0.717, 1.165) is 11.4 Å². The van der Waals surface area contributed by atoms with Crippen LogP contribution in [0.25, 0.3) is 0 Å². The number of anilines is 1. The van der Waals surface area contributed by atoms with E-state index in [1.54, 1.807) is 17.0 Å². The molecule has 1 atom stereocenters. The number of ether oxygens (including phenoxy) is 1. The molecule has 3 rings (SSSR count). The first-order valence-corrected chi connectivity index (χ1v) is 8.56. The summed E-state index contributed by atoms with van der Waals surface area (Å²) in [7, 11) is 0. The molecule has 0 aromatic heterocycles. The minimum Gasteiger partial charge on any atom is -0.494 e. The monoisotopic (exact) mass is 369 g/mol. The first-order chi connectivity index (χ1) is 13.0. The maximum absolute atomic E-state index is 12.3. The minimum absolute atomic E-state index is 0.0758. The second kappa shape index (κ2) is 7.86. The van der Waals surface area contributed by atoms with Gasteiger partial charge in [-0.1, -0.05) is 0 Å². The van der Waals surface area contributed by atoms with Gasteiger partial charge in [-0.15, -0.1) is 0 Å². The number of hydrogen-bond donors (Lipinski definition) is 1. The van der Waals surface area contributed by atoms with Crippen LogP contribution in [0.4, 0.5) is 11.4 Å². The van der Waals surface area contributed by atoms with Crippen LogP contribution in [0, 0.1) is 10.1 Å². The van der Waals surface area contributed by atoms with Gasteiger partial charge < -0.3 is 15.0 Å². The molecule has 0 radical (unpaired) electrons. The molecule has 0 bridgehead atoms. The Morgan fingerprint density at radius 2 is 1.89 bits per heavy atom. The maximum atomic E-state index is 12.3. The summed E-state index contributed by atoms with van der Waals surface area (Å²) in [4.78, 5) is 36.4. The van der Waals surface area contributed by atoms with E-state index in [1.165, 1.54) is 24.3 Å². The predicted octanol–water partition coefficient (Wildman–Crippen LogP) is 2.53. The second-order valence-corrected chi connectivity index (χ2v) is 6.11. The molecular weight excluding hydrogens is 350 g/mol. The molecule has 0 saturated carbocycles. The van der Waals surface area contributed by atoms with Crippen LogP contribution in [-0.4, -0.2) is 35.9 Å². The van der Waals surface area contributed by atoms with Crippen molar-refractivity contribution in [2.45, 2.75) is 19.4 Å². The number of nitro groups is 1. The fourth-order valence-corrected chi connectivity index (χ4v) is 2.95. The second-order valence-electron chi connectivity index (χ2n) is 6.11. The van der Waals surface area contributed by atoms with Crippen molar-refractivity contribution < 1.29 is 19.2 Å². The summed E-state index contributed by atoms with van der Waals surface area (Å²) in [5.41, 5.74) is 0.979. The van der Waals surface area contributed by atoms with Gasteiger partial charge in [0.1, 0.15) is 5.75 Å². The molecule has 1 heterocycles. The van der Waals surface area contributed by atoms with E-state index >= 15 is 0 Å². The van der Waals surface area contributed by atoms with Crippen LogP contribution in [0.5, 0.6) is 5.75 Å². The molecule has 2 aromatic carbocycles. The summed E-state index contributed by atoms with van der Waals surface area (Å²) < 4.78 is 5.39. The average molecular weight is 369 g/mol. The van der Waals surface area contributed by atoms with Crippen LogP contribution >= 0.6 is 0 Å². The van der Waals surface area contributed by atoms with Gasteiger partial charge in [0.25, 0.3) is 11.6 Å². The quantitative estimate of drug-likeness (QED) is 0.623. The number of carbonyl (C=O) groups is 2. The van der Waals surface area contributed by atoms with Gasteiger partial charge in [-0.05, 0) is 43.3 Å². The fourth-order valence-electron chi connectivity index (χ4n) is 2.95. The number of nitro benzene ring substituents is 1. The number of non-ortho nitro benzene ring substituents is 1.